The number of rotatable bonds is 5. The average Bonchev–Trinajstić information content (AvgIpc) is 3.48. The van der Waals surface area contributed by atoms with Crippen molar-refractivity contribution in [3.05, 3.63) is 107 Å². The third-order valence-electron chi connectivity index (χ3n) is 6.41. The molecule has 5 rings (SSSR count). The van der Waals surface area contributed by atoms with E-state index in [0.29, 0.717) is 6.54 Å². The van der Waals surface area contributed by atoms with Gasteiger partial charge in [-0.15, -0.1) is 0 Å². The highest BCUT2D eigenvalue weighted by atomic mass is 32.1. The Kier molecular flexibility index (Phi) is 5.54. The first-order chi connectivity index (χ1) is 15.9. The zero-order valence-electron chi connectivity index (χ0n) is 19.4. The van der Waals surface area contributed by atoms with Crippen molar-refractivity contribution in [2.75, 3.05) is 4.90 Å². The topological polar surface area (TPSA) is 46.2 Å². The lowest BCUT2D eigenvalue weighted by molar-refractivity contribution is 0.488. The largest absolute Gasteiger partial charge is 0.467 e. The second kappa shape index (κ2) is 8.52. The van der Waals surface area contributed by atoms with Crippen LogP contribution in [-0.4, -0.2) is 14.7 Å². The number of anilines is 1. The van der Waals surface area contributed by atoms with Crippen molar-refractivity contribution in [1.82, 2.24) is 14.9 Å². The van der Waals surface area contributed by atoms with Crippen LogP contribution in [0.5, 0.6) is 0 Å². The molecule has 3 aromatic heterocycles. The lowest BCUT2D eigenvalue weighted by Crippen LogP contribution is -2.29. The molecule has 0 unspecified atom stereocenters. The predicted octanol–water partition coefficient (Wildman–Crippen LogP) is 5.94. The standard InChI is InChI=1S/C27H28N4OS/c1-17-12-18(2)14-21(13-17)31-26(25(29-27(31)33)24-9-5-6-10-28-24)23-15-19(3)30(20(23)4)16-22-8-7-11-32-22/h5-15,25-26H,16H2,1-4H3,(H,29,33)/t25-,26-/m0/s1. The monoisotopic (exact) mass is 456 g/mol. The summed E-state index contributed by atoms with van der Waals surface area (Å²) in [6.07, 6.45) is 3.57. The third-order valence-corrected chi connectivity index (χ3v) is 6.72. The van der Waals surface area contributed by atoms with Crippen LogP contribution in [0.25, 0.3) is 0 Å². The minimum atomic E-state index is -0.0583. The first kappa shape index (κ1) is 21.5. The zero-order chi connectivity index (χ0) is 23.1. The molecule has 1 aliphatic heterocycles. The number of furan rings is 1. The van der Waals surface area contributed by atoms with Crippen molar-refractivity contribution >= 4 is 23.0 Å². The highest BCUT2D eigenvalue weighted by Gasteiger charge is 2.42. The number of hydrogen-bond donors (Lipinski definition) is 1. The first-order valence-corrected chi connectivity index (χ1v) is 11.6. The highest BCUT2D eigenvalue weighted by molar-refractivity contribution is 7.80. The van der Waals surface area contributed by atoms with Crippen LogP contribution >= 0.6 is 12.2 Å². The normalized spacial score (nSPS) is 18.1. The number of nitrogens with one attached hydrogen (secondary N) is 1. The van der Waals surface area contributed by atoms with Crippen molar-refractivity contribution in [2.24, 2.45) is 0 Å². The molecule has 1 fully saturated rings. The molecule has 1 aromatic carbocycles. The lowest BCUT2D eigenvalue weighted by atomic mass is 9.96. The van der Waals surface area contributed by atoms with Crippen LogP contribution in [0.2, 0.25) is 0 Å². The van der Waals surface area contributed by atoms with Gasteiger partial charge in [0, 0.05) is 23.3 Å². The molecular formula is C27H28N4OS. The molecule has 2 atom stereocenters. The Morgan fingerprint density at radius 2 is 1.79 bits per heavy atom. The van der Waals surface area contributed by atoms with E-state index in [9.17, 15) is 0 Å². The second-order valence-electron chi connectivity index (χ2n) is 8.83. The summed E-state index contributed by atoms with van der Waals surface area (Å²) < 4.78 is 7.94. The summed E-state index contributed by atoms with van der Waals surface area (Å²) in [6, 6.07) is 18.8. The van der Waals surface area contributed by atoms with E-state index < -0.39 is 0 Å². The average molecular weight is 457 g/mol. The van der Waals surface area contributed by atoms with Gasteiger partial charge in [0.25, 0.3) is 0 Å². The fourth-order valence-electron chi connectivity index (χ4n) is 4.97. The van der Waals surface area contributed by atoms with Crippen LogP contribution in [0.3, 0.4) is 0 Å². The van der Waals surface area contributed by atoms with E-state index in [-0.39, 0.29) is 12.1 Å². The number of nitrogens with zero attached hydrogens (tertiary/aromatic N) is 3. The van der Waals surface area contributed by atoms with Crippen LogP contribution in [0, 0.1) is 27.7 Å². The van der Waals surface area contributed by atoms with Gasteiger partial charge in [-0.3, -0.25) is 4.98 Å². The zero-order valence-corrected chi connectivity index (χ0v) is 20.2. The summed E-state index contributed by atoms with van der Waals surface area (Å²) in [4.78, 5) is 6.94. The van der Waals surface area contributed by atoms with Crippen molar-refractivity contribution in [3.63, 3.8) is 0 Å². The molecule has 0 spiro atoms. The fourth-order valence-corrected chi connectivity index (χ4v) is 5.31. The van der Waals surface area contributed by atoms with Crippen molar-refractivity contribution in [3.8, 4) is 0 Å². The molecule has 1 N–H and O–H groups in total. The maximum absolute atomic E-state index is 5.90. The Morgan fingerprint density at radius 1 is 1.00 bits per heavy atom. The van der Waals surface area contributed by atoms with Gasteiger partial charge in [0.2, 0.25) is 0 Å². The van der Waals surface area contributed by atoms with Crippen molar-refractivity contribution in [1.29, 1.82) is 0 Å². The van der Waals surface area contributed by atoms with E-state index in [1.807, 2.05) is 30.5 Å². The van der Waals surface area contributed by atoms with Gasteiger partial charge in [-0.25, -0.2) is 0 Å². The van der Waals surface area contributed by atoms with Gasteiger partial charge in [0.15, 0.2) is 5.11 Å². The van der Waals surface area contributed by atoms with Gasteiger partial charge >= 0.3 is 0 Å². The summed E-state index contributed by atoms with van der Waals surface area (Å²) in [5.41, 5.74) is 8.15. The summed E-state index contributed by atoms with van der Waals surface area (Å²) >= 11 is 5.90. The van der Waals surface area contributed by atoms with Gasteiger partial charge in [-0.2, -0.15) is 0 Å². The lowest BCUT2D eigenvalue weighted by Gasteiger charge is -2.28. The molecule has 1 saturated heterocycles. The number of thiocarbonyl (C=S) groups is 1. The van der Waals surface area contributed by atoms with Gasteiger partial charge < -0.3 is 19.2 Å². The Bertz CT molecular complexity index is 1270. The smallest absolute Gasteiger partial charge is 0.174 e. The minimum absolute atomic E-state index is 0.0230. The van der Waals surface area contributed by atoms with Crippen LogP contribution in [0.4, 0.5) is 5.69 Å². The van der Waals surface area contributed by atoms with Crippen LogP contribution in [0.1, 0.15) is 51.6 Å². The SMILES string of the molecule is Cc1cc(C)cc(N2C(=S)N[C@@H](c3ccccn3)[C@@H]2c2cc(C)n(Cc3ccco3)c2C)c1. The first-order valence-electron chi connectivity index (χ1n) is 11.2. The molecular weight excluding hydrogens is 428 g/mol. The van der Waals surface area contributed by atoms with E-state index in [0.717, 1.165) is 22.3 Å². The van der Waals surface area contributed by atoms with Gasteiger partial charge in [0.1, 0.15) is 5.76 Å². The molecule has 4 aromatic rings. The summed E-state index contributed by atoms with van der Waals surface area (Å²) in [5, 5.41) is 4.29. The number of pyridine rings is 1. The Labute approximate surface area is 200 Å². The molecule has 0 saturated carbocycles. The van der Waals surface area contributed by atoms with E-state index in [2.05, 4.69) is 77.8 Å². The number of benzene rings is 1. The molecule has 0 radical (unpaired) electrons. The number of aryl methyl sites for hydroxylation is 3. The Hall–Kier alpha value is -3.38. The highest BCUT2D eigenvalue weighted by Crippen LogP contribution is 2.43. The van der Waals surface area contributed by atoms with Gasteiger partial charge in [-0.05, 0) is 99.1 Å². The van der Waals surface area contributed by atoms with E-state index in [4.69, 9.17) is 16.6 Å². The van der Waals surface area contributed by atoms with Crippen molar-refractivity contribution < 1.29 is 4.42 Å². The molecule has 1 aliphatic rings. The van der Waals surface area contributed by atoms with Crippen LogP contribution < -0.4 is 10.2 Å². The molecule has 33 heavy (non-hydrogen) atoms. The second-order valence-corrected chi connectivity index (χ2v) is 9.22. The minimum Gasteiger partial charge on any atom is -0.467 e. The summed E-state index contributed by atoms with van der Waals surface area (Å²) in [6.45, 7) is 9.29. The maximum Gasteiger partial charge on any atom is 0.174 e. The number of hydrogen-bond acceptors (Lipinski definition) is 3. The van der Waals surface area contributed by atoms with Gasteiger partial charge in [-0.1, -0.05) is 12.1 Å². The predicted molar refractivity (Wildman–Crippen MR) is 136 cm³/mol. The molecule has 168 valence electrons. The summed E-state index contributed by atoms with van der Waals surface area (Å²) in [7, 11) is 0. The molecule has 5 nitrogen and oxygen atoms in total. The van der Waals surface area contributed by atoms with Gasteiger partial charge in [0.05, 0.1) is 30.6 Å². The number of aromatic nitrogens is 2. The molecule has 0 amide bonds. The molecule has 4 heterocycles. The van der Waals surface area contributed by atoms with E-state index in [1.54, 1.807) is 6.26 Å². The van der Waals surface area contributed by atoms with Crippen LogP contribution in [-0.2, 0) is 6.54 Å². The molecule has 0 aliphatic carbocycles. The Balaban J connectivity index is 1.65. The fraction of sp³-hybridized carbons (Fsp3) is 0.259. The van der Waals surface area contributed by atoms with E-state index >= 15 is 0 Å². The van der Waals surface area contributed by atoms with Crippen molar-refractivity contribution in [2.45, 2.75) is 46.3 Å². The van der Waals surface area contributed by atoms with E-state index in [1.165, 1.54) is 28.1 Å². The quantitative estimate of drug-likeness (QED) is 0.377. The van der Waals surface area contributed by atoms with Crippen LogP contribution in [0.15, 0.2) is 71.5 Å². The Morgan fingerprint density at radius 3 is 2.45 bits per heavy atom. The molecule has 6 heteroatoms. The molecule has 0 bridgehead atoms. The summed E-state index contributed by atoms with van der Waals surface area (Å²) in [5.74, 6) is 0.941. The third kappa shape index (κ3) is 3.95. The maximum atomic E-state index is 5.90.